The van der Waals surface area contributed by atoms with Gasteiger partial charge in [-0.3, -0.25) is 9.69 Å². The molecule has 0 bridgehead atoms. The Morgan fingerprint density at radius 1 is 0.879 bits per heavy atom. The standard InChI is InChI=1S/C27H29N3O2S/c1-4-29(5-2)18-19-30(27-28-25-20(3)10-9-13-24(25)33-27)26(31)21-14-16-23(17-15-21)32-22-11-7-6-8-12-22/h6-17H,4-5,18-19H2,1-3H3. The zero-order chi connectivity index (χ0) is 23.2. The molecule has 0 unspecified atom stereocenters. The molecule has 4 aromatic rings. The molecule has 0 aliphatic carbocycles. The maximum absolute atomic E-state index is 13.6. The number of fused-ring (bicyclic) bond motifs is 1. The van der Waals surface area contributed by atoms with Gasteiger partial charge in [-0.1, -0.05) is 55.5 Å². The van der Waals surface area contributed by atoms with Gasteiger partial charge < -0.3 is 9.64 Å². The van der Waals surface area contributed by atoms with E-state index in [4.69, 9.17) is 9.72 Å². The fourth-order valence-corrected chi connectivity index (χ4v) is 4.77. The molecule has 6 heteroatoms. The normalized spacial score (nSPS) is 11.2. The van der Waals surface area contributed by atoms with Crippen LogP contribution < -0.4 is 9.64 Å². The molecule has 0 spiro atoms. The zero-order valence-corrected chi connectivity index (χ0v) is 20.1. The molecule has 5 nitrogen and oxygen atoms in total. The van der Waals surface area contributed by atoms with Crippen LogP contribution in [0.1, 0.15) is 29.8 Å². The molecule has 1 heterocycles. The topological polar surface area (TPSA) is 45.7 Å². The number of thiazole rings is 1. The van der Waals surface area contributed by atoms with Gasteiger partial charge in [0.25, 0.3) is 5.91 Å². The molecule has 0 aliphatic heterocycles. The van der Waals surface area contributed by atoms with Crippen LogP contribution >= 0.6 is 11.3 Å². The van der Waals surface area contributed by atoms with Gasteiger partial charge in [-0.15, -0.1) is 0 Å². The number of aromatic nitrogens is 1. The first-order valence-corrected chi connectivity index (χ1v) is 12.1. The van der Waals surface area contributed by atoms with Crippen molar-refractivity contribution in [2.45, 2.75) is 20.8 Å². The van der Waals surface area contributed by atoms with Gasteiger partial charge in [0, 0.05) is 18.7 Å². The van der Waals surface area contributed by atoms with E-state index in [1.165, 1.54) is 0 Å². The SMILES string of the molecule is CCN(CC)CCN(C(=O)c1ccc(Oc2ccccc2)cc1)c1nc2c(C)cccc2s1. The lowest BCUT2D eigenvalue weighted by atomic mass is 10.2. The zero-order valence-electron chi connectivity index (χ0n) is 19.3. The van der Waals surface area contributed by atoms with E-state index < -0.39 is 0 Å². The summed E-state index contributed by atoms with van der Waals surface area (Å²) in [5.74, 6) is 1.41. The molecule has 33 heavy (non-hydrogen) atoms. The summed E-state index contributed by atoms with van der Waals surface area (Å²) in [4.78, 5) is 22.6. The number of anilines is 1. The number of nitrogens with zero attached hydrogens (tertiary/aromatic N) is 3. The molecule has 0 aliphatic rings. The molecule has 0 saturated carbocycles. The van der Waals surface area contributed by atoms with E-state index in [9.17, 15) is 4.79 Å². The highest BCUT2D eigenvalue weighted by Crippen LogP contribution is 2.31. The van der Waals surface area contributed by atoms with Gasteiger partial charge >= 0.3 is 0 Å². The molecule has 4 rings (SSSR count). The van der Waals surface area contributed by atoms with Gasteiger partial charge in [0.2, 0.25) is 0 Å². The monoisotopic (exact) mass is 459 g/mol. The Morgan fingerprint density at radius 3 is 2.24 bits per heavy atom. The van der Waals surface area contributed by atoms with E-state index >= 15 is 0 Å². The summed E-state index contributed by atoms with van der Waals surface area (Å²) in [5, 5.41) is 0.737. The van der Waals surface area contributed by atoms with Crippen LogP contribution in [-0.2, 0) is 0 Å². The number of hydrogen-bond donors (Lipinski definition) is 0. The lowest BCUT2D eigenvalue weighted by molar-refractivity contribution is 0.0984. The van der Waals surface area contributed by atoms with Gasteiger partial charge in [0.05, 0.1) is 10.2 Å². The number of para-hydroxylation sites is 2. The Balaban J connectivity index is 1.60. The van der Waals surface area contributed by atoms with Crippen molar-refractivity contribution < 1.29 is 9.53 Å². The molecule has 0 radical (unpaired) electrons. The minimum Gasteiger partial charge on any atom is -0.457 e. The molecular weight excluding hydrogens is 430 g/mol. The lowest BCUT2D eigenvalue weighted by Crippen LogP contribution is -2.38. The van der Waals surface area contributed by atoms with Crippen LogP contribution in [0.3, 0.4) is 0 Å². The number of likely N-dealkylation sites (N-methyl/N-ethyl adjacent to an activating group) is 1. The van der Waals surface area contributed by atoms with E-state index in [2.05, 4.69) is 37.8 Å². The van der Waals surface area contributed by atoms with E-state index in [0.29, 0.717) is 17.9 Å². The quantitative estimate of drug-likeness (QED) is 0.291. The number of amides is 1. The van der Waals surface area contributed by atoms with Crippen molar-refractivity contribution in [1.82, 2.24) is 9.88 Å². The third-order valence-corrected chi connectivity index (χ3v) is 6.74. The van der Waals surface area contributed by atoms with Gasteiger partial charge in [0.15, 0.2) is 5.13 Å². The Morgan fingerprint density at radius 2 is 1.58 bits per heavy atom. The lowest BCUT2D eigenvalue weighted by Gasteiger charge is -2.24. The molecule has 0 N–H and O–H groups in total. The highest BCUT2D eigenvalue weighted by atomic mass is 32.1. The molecular formula is C27H29N3O2S. The fraction of sp³-hybridized carbons (Fsp3) is 0.259. The predicted octanol–water partition coefficient (Wildman–Crippen LogP) is 6.39. The van der Waals surface area contributed by atoms with E-state index in [1.54, 1.807) is 11.3 Å². The van der Waals surface area contributed by atoms with Crippen LogP contribution in [0.2, 0.25) is 0 Å². The number of carbonyl (C=O) groups is 1. The van der Waals surface area contributed by atoms with Crippen LogP contribution in [0.25, 0.3) is 10.2 Å². The third-order valence-electron chi connectivity index (χ3n) is 5.70. The summed E-state index contributed by atoms with van der Waals surface area (Å²) in [5.41, 5.74) is 2.70. The summed E-state index contributed by atoms with van der Waals surface area (Å²) < 4.78 is 6.97. The number of benzene rings is 3. The number of rotatable bonds is 9. The average Bonchev–Trinajstić information content (AvgIpc) is 3.28. The smallest absolute Gasteiger partial charge is 0.260 e. The van der Waals surface area contributed by atoms with Crippen molar-refractivity contribution in [3.05, 3.63) is 83.9 Å². The second-order valence-corrected chi connectivity index (χ2v) is 8.85. The predicted molar refractivity (Wildman–Crippen MR) is 137 cm³/mol. The maximum atomic E-state index is 13.6. The van der Waals surface area contributed by atoms with Crippen LogP contribution in [-0.4, -0.2) is 42.0 Å². The highest BCUT2D eigenvalue weighted by molar-refractivity contribution is 7.22. The van der Waals surface area contributed by atoms with Gasteiger partial charge in [-0.2, -0.15) is 0 Å². The molecule has 0 atom stereocenters. The van der Waals surface area contributed by atoms with E-state index in [-0.39, 0.29) is 5.91 Å². The van der Waals surface area contributed by atoms with Crippen LogP contribution in [0.15, 0.2) is 72.8 Å². The highest BCUT2D eigenvalue weighted by Gasteiger charge is 2.22. The largest absolute Gasteiger partial charge is 0.457 e. The summed E-state index contributed by atoms with van der Waals surface area (Å²) >= 11 is 1.57. The number of hydrogen-bond acceptors (Lipinski definition) is 5. The molecule has 170 valence electrons. The summed E-state index contributed by atoms with van der Waals surface area (Å²) in [7, 11) is 0. The fourth-order valence-electron chi connectivity index (χ4n) is 3.70. The second kappa shape index (κ2) is 10.6. The summed E-state index contributed by atoms with van der Waals surface area (Å²) in [6, 6.07) is 23.1. The number of ether oxygens (including phenoxy) is 1. The first kappa shape index (κ1) is 23.0. The van der Waals surface area contributed by atoms with Crippen molar-refractivity contribution in [1.29, 1.82) is 0 Å². The Labute approximate surface area is 199 Å². The Bertz CT molecular complexity index is 1200. The first-order valence-electron chi connectivity index (χ1n) is 11.3. The Hall–Kier alpha value is -3.22. The molecule has 0 saturated heterocycles. The van der Waals surface area contributed by atoms with Crippen molar-refractivity contribution in [3.8, 4) is 11.5 Å². The molecule has 0 fully saturated rings. The van der Waals surface area contributed by atoms with Crippen LogP contribution in [0, 0.1) is 6.92 Å². The van der Waals surface area contributed by atoms with Crippen LogP contribution in [0.4, 0.5) is 5.13 Å². The molecule has 1 aromatic heterocycles. The molecule has 3 aromatic carbocycles. The molecule has 1 amide bonds. The van der Waals surface area contributed by atoms with Crippen molar-refractivity contribution in [2.75, 3.05) is 31.1 Å². The number of aryl methyl sites for hydroxylation is 1. The van der Waals surface area contributed by atoms with E-state index in [1.807, 2.05) is 65.6 Å². The van der Waals surface area contributed by atoms with Crippen LogP contribution in [0.5, 0.6) is 11.5 Å². The third kappa shape index (κ3) is 5.41. The van der Waals surface area contributed by atoms with E-state index in [0.717, 1.165) is 46.3 Å². The maximum Gasteiger partial charge on any atom is 0.260 e. The van der Waals surface area contributed by atoms with Gasteiger partial charge in [-0.05, 0) is 68.0 Å². The summed E-state index contributed by atoms with van der Waals surface area (Å²) in [6.45, 7) is 9.61. The van der Waals surface area contributed by atoms with Crippen molar-refractivity contribution >= 4 is 32.6 Å². The van der Waals surface area contributed by atoms with Crippen molar-refractivity contribution in [3.63, 3.8) is 0 Å². The average molecular weight is 460 g/mol. The van der Waals surface area contributed by atoms with Gasteiger partial charge in [0.1, 0.15) is 11.5 Å². The first-order chi connectivity index (χ1) is 16.1. The summed E-state index contributed by atoms with van der Waals surface area (Å²) in [6.07, 6.45) is 0. The minimum atomic E-state index is -0.0508. The Kier molecular flexibility index (Phi) is 7.37. The number of carbonyl (C=O) groups excluding carboxylic acids is 1. The van der Waals surface area contributed by atoms with Gasteiger partial charge in [-0.25, -0.2) is 4.98 Å². The minimum absolute atomic E-state index is 0.0508. The van der Waals surface area contributed by atoms with Crippen molar-refractivity contribution in [2.24, 2.45) is 0 Å². The second-order valence-electron chi connectivity index (χ2n) is 7.84.